The Morgan fingerprint density at radius 2 is 1.77 bits per heavy atom. The zero-order valence-corrected chi connectivity index (χ0v) is 15.6. The third kappa shape index (κ3) is 4.64. The Balaban J connectivity index is 2.26. The average Bonchev–Trinajstić information content (AvgIpc) is 2.61. The van der Waals surface area contributed by atoms with Crippen LogP contribution < -0.4 is 14.4 Å². The highest BCUT2D eigenvalue weighted by Crippen LogP contribution is 2.26. The van der Waals surface area contributed by atoms with Gasteiger partial charge in [-0.1, -0.05) is 12.7 Å². The summed E-state index contributed by atoms with van der Waals surface area (Å²) in [5.74, 6) is 0.427. The average molecular weight is 374 g/mol. The zero-order valence-electron chi connectivity index (χ0n) is 14.8. The first kappa shape index (κ1) is 19.5. The number of hydrogen-bond donors (Lipinski definition) is 1. The first-order chi connectivity index (χ1) is 12.4. The van der Waals surface area contributed by atoms with Crippen LogP contribution in [0.5, 0.6) is 5.75 Å². The molecule has 0 saturated carbocycles. The van der Waals surface area contributed by atoms with Gasteiger partial charge in [0.2, 0.25) is 5.91 Å². The molecule has 1 amide bonds. The Bertz CT molecular complexity index is 859. The molecule has 0 saturated heterocycles. The van der Waals surface area contributed by atoms with Crippen LogP contribution in [0, 0.1) is 0 Å². The predicted molar refractivity (Wildman–Crippen MR) is 103 cm³/mol. The maximum Gasteiger partial charge on any atom is 0.264 e. The number of amides is 1. The van der Waals surface area contributed by atoms with E-state index in [2.05, 4.69) is 11.9 Å². The molecular weight excluding hydrogens is 352 g/mol. The van der Waals surface area contributed by atoms with Crippen molar-refractivity contribution in [2.45, 2.75) is 18.7 Å². The van der Waals surface area contributed by atoms with Crippen molar-refractivity contribution in [1.29, 1.82) is 0 Å². The van der Waals surface area contributed by atoms with E-state index in [0.29, 0.717) is 23.7 Å². The molecule has 138 valence electrons. The molecular formula is C19H22N2O4S. The summed E-state index contributed by atoms with van der Waals surface area (Å²) in [4.78, 5) is 11.2. The molecule has 0 aliphatic carbocycles. The molecule has 0 heterocycles. The van der Waals surface area contributed by atoms with E-state index < -0.39 is 10.0 Å². The van der Waals surface area contributed by atoms with Crippen LogP contribution in [0.1, 0.15) is 13.8 Å². The van der Waals surface area contributed by atoms with E-state index >= 15 is 0 Å². The van der Waals surface area contributed by atoms with Gasteiger partial charge in [0.1, 0.15) is 12.4 Å². The van der Waals surface area contributed by atoms with Crippen LogP contribution in [0.2, 0.25) is 0 Å². The maximum absolute atomic E-state index is 12.9. The summed E-state index contributed by atoms with van der Waals surface area (Å²) in [7, 11) is -3.72. The second-order valence-electron chi connectivity index (χ2n) is 5.47. The molecule has 2 aromatic rings. The van der Waals surface area contributed by atoms with Crippen LogP contribution in [0.15, 0.2) is 66.1 Å². The Morgan fingerprint density at radius 3 is 2.27 bits per heavy atom. The van der Waals surface area contributed by atoms with E-state index in [-0.39, 0.29) is 17.3 Å². The van der Waals surface area contributed by atoms with Crippen molar-refractivity contribution in [3.8, 4) is 5.75 Å². The normalized spacial score (nSPS) is 10.8. The summed E-state index contributed by atoms with van der Waals surface area (Å²) in [5.41, 5.74) is 1.09. The number of carbonyl (C=O) groups is 1. The van der Waals surface area contributed by atoms with E-state index in [9.17, 15) is 13.2 Å². The van der Waals surface area contributed by atoms with Gasteiger partial charge in [-0.3, -0.25) is 9.10 Å². The van der Waals surface area contributed by atoms with E-state index in [0.717, 1.165) is 0 Å². The van der Waals surface area contributed by atoms with Crippen LogP contribution in [0.25, 0.3) is 0 Å². The van der Waals surface area contributed by atoms with Crippen LogP contribution in [0.4, 0.5) is 11.4 Å². The van der Waals surface area contributed by atoms with Crippen LogP contribution in [-0.4, -0.2) is 27.5 Å². The van der Waals surface area contributed by atoms with Crippen molar-refractivity contribution in [3.63, 3.8) is 0 Å². The molecule has 2 rings (SSSR count). The number of hydrogen-bond acceptors (Lipinski definition) is 4. The largest absolute Gasteiger partial charge is 0.490 e. The van der Waals surface area contributed by atoms with Gasteiger partial charge in [0.25, 0.3) is 10.0 Å². The molecule has 0 bridgehead atoms. The van der Waals surface area contributed by atoms with E-state index in [1.165, 1.54) is 23.4 Å². The molecule has 0 aliphatic rings. The van der Waals surface area contributed by atoms with Crippen LogP contribution in [0.3, 0.4) is 0 Å². The Kier molecular flexibility index (Phi) is 6.41. The molecule has 6 nitrogen and oxygen atoms in total. The van der Waals surface area contributed by atoms with Gasteiger partial charge in [-0.2, -0.15) is 0 Å². The smallest absolute Gasteiger partial charge is 0.264 e. The second-order valence-corrected chi connectivity index (χ2v) is 7.33. The SMILES string of the molecule is C=CCOc1ccc(N(CC)S(=O)(=O)c2ccc(NC(C)=O)cc2)cc1. The topological polar surface area (TPSA) is 75.7 Å². The van der Waals surface area contributed by atoms with E-state index in [4.69, 9.17) is 4.74 Å². The first-order valence-corrected chi connectivity index (χ1v) is 9.56. The summed E-state index contributed by atoms with van der Waals surface area (Å²) in [5, 5.41) is 2.61. The fourth-order valence-electron chi connectivity index (χ4n) is 2.40. The van der Waals surface area contributed by atoms with Gasteiger partial charge in [0.05, 0.1) is 10.6 Å². The van der Waals surface area contributed by atoms with Gasteiger partial charge < -0.3 is 10.1 Å². The molecule has 26 heavy (non-hydrogen) atoms. The van der Waals surface area contributed by atoms with Crippen LogP contribution >= 0.6 is 0 Å². The van der Waals surface area contributed by atoms with E-state index in [1.54, 1.807) is 49.4 Å². The van der Waals surface area contributed by atoms with E-state index in [1.807, 2.05) is 0 Å². The third-order valence-electron chi connectivity index (χ3n) is 3.54. The fourth-order valence-corrected chi connectivity index (χ4v) is 3.87. The van der Waals surface area contributed by atoms with Crippen molar-refractivity contribution in [2.24, 2.45) is 0 Å². The molecule has 7 heteroatoms. The van der Waals surface area contributed by atoms with Crippen molar-refractivity contribution >= 4 is 27.3 Å². The number of anilines is 2. The highest BCUT2D eigenvalue weighted by molar-refractivity contribution is 7.92. The van der Waals surface area contributed by atoms with Gasteiger partial charge in [-0.15, -0.1) is 0 Å². The first-order valence-electron chi connectivity index (χ1n) is 8.12. The number of ether oxygens (including phenoxy) is 1. The Labute approximate surface area is 154 Å². The maximum atomic E-state index is 12.9. The van der Waals surface area contributed by atoms with Crippen molar-refractivity contribution in [3.05, 3.63) is 61.2 Å². The second kappa shape index (κ2) is 8.53. The molecule has 0 aromatic heterocycles. The minimum absolute atomic E-state index is 0.153. The van der Waals surface area contributed by atoms with Crippen molar-refractivity contribution in [1.82, 2.24) is 0 Å². The Morgan fingerprint density at radius 1 is 1.15 bits per heavy atom. The van der Waals surface area contributed by atoms with Crippen molar-refractivity contribution < 1.29 is 17.9 Å². The lowest BCUT2D eigenvalue weighted by atomic mass is 10.3. The molecule has 0 unspecified atom stereocenters. The number of benzene rings is 2. The summed E-state index contributed by atoms with van der Waals surface area (Å²) >= 11 is 0. The molecule has 0 aliphatic heterocycles. The molecule has 1 N–H and O–H groups in total. The number of rotatable bonds is 8. The van der Waals surface area contributed by atoms with Gasteiger partial charge in [-0.25, -0.2) is 8.42 Å². The van der Waals surface area contributed by atoms with Crippen molar-refractivity contribution in [2.75, 3.05) is 22.8 Å². The highest BCUT2D eigenvalue weighted by atomic mass is 32.2. The monoisotopic (exact) mass is 374 g/mol. The number of nitrogens with one attached hydrogen (secondary N) is 1. The minimum atomic E-state index is -3.72. The number of sulfonamides is 1. The minimum Gasteiger partial charge on any atom is -0.490 e. The third-order valence-corrected chi connectivity index (χ3v) is 5.46. The lowest BCUT2D eigenvalue weighted by Gasteiger charge is -2.23. The van der Waals surface area contributed by atoms with Gasteiger partial charge in [0.15, 0.2) is 0 Å². The molecule has 0 fully saturated rings. The quantitative estimate of drug-likeness (QED) is 0.718. The number of nitrogens with zero attached hydrogens (tertiary/aromatic N) is 1. The molecule has 0 atom stereocenters. The summed E-state index contributed by atoms with van der Waals surface area (Å²) in [6.45, 7) is 7.42. The number of carbonyl (C=O) groups excluding carboxylic acids is 1. The van der Waals surface area contributed by atoms with Crippen LogP contribution in [-0.2, 0) is 14.8 Å². The predicted octanol–water partition coefficient (Wildman–Crippen LogP) is 3.43. The van der Waals surface area contributed by atoms with Gasteiger partial charge in [0, 0.05) is 19.2 Å². The lowest BCUT2D eigenvalue weighted by molar-refractivity contribution is -0.114. The van der Waals surface area contributed by atoms with Gasteiger partial charge >= 0.3 is 0 Å². The zero-order chi connectivity index (χ0) is 19.2. The molecule has 0 spiro atoms. The summed E-state index contributed by atoms with van der Waals surface area (Å²) < 4.78 is 32.6. The highest BCUT2D eigenvalue weighted by Gasteiger charge is 2.23. The summed E-state index contributed by atoms with van der Waals surface area (Å²) in [6, 6.07) is 12.9. The Hall–Kier alpha value is -2.80. The fraction of sp³-hybridized carbons (Fsp3) is 0.211. The van der Waals surface area contributed by atoms with Gasteiger partial charge in [-0.05, 0) is 55.5 Å². The summed E-state index contributed by atoms with van der Waals surface area (Å²) in [6.07, 6.45) is 1.64. The lowest BCUT2D eigenvalue weighted by Crippen LogP contribution is -2.30. The standard InChI is InChI=1S/C19H22N2O4S/c1-4-14-25-18-10-8-17(9-11-18)21(5-2)26(23,24)19-12-6-16(7-13-19)20-15(3)22/h4,6-13H,1,5,14H2,2-3H3,(H,20,22). The molecule has 2 aromatic carbocycles. The molecule has 0 radical (unpaired) electrons.